The Hall–Kier alpha value is -0.790. The van der Waals surface area contributed by atoms with Gasteiger partial charge in [0.1, 0.15) is 11.6 Å². The average Bonchev–Trinajstić information content (AvgIpc) is 1.90. The van der Waals surface area contributed by atoms with Crippen LogP contribution >= 0.6 is 0 Å². The van der Waals surface area contributed by atoms with E-state index in [0.717, 1.165) is 6.54 Å². The minimum atomic E-state index is 0.392. The van der Waals surface area contributed by atoms with Crippen LogP contribution in [0.15, 0.2) is 5.70 Å². The van der Waals surface area contributed by atoms with E-state index in [-0.39, 0.29) is 0 Å². The van der Waals surface area contributed by atoms with Crippen LogP contribution in [-0.4, -0.2) is 25.7 Å². The first-order chi connectivity index (χ1) is 3.93. The van der Waals surface area contributed by atoms with Crippen molar-refractivity contribution in [1.82, 2.24) is 5.32 Å². The van der Waals surface area contributed by atoms with Gasteiger partial charge < -0.3 is 10.1 Å². The molecule has 1 aliphatic heterocycles. The molecular weight excluding hydrogens is 106 g/mol. The van der Waals surface area contributed by atoms with E-state index in [9.17, 15) is 4.79 Å². The highest BCUT2D eigenvalue weighted by Gasteiger charge is 2.02. The molecule has 0 aromatic rings. The van der Waals surface area contributed by atoms with Crippen LogP contribution in [0.4, 0.5) is 0 Å². The molecule has 0 aromatic heterocycles. The quantitative estimate of drug-likeness (QED) is 0.423. The predicted octanol–water partition coefficient (Wildman–Crippen LogP) is -0.678. The molecular formula is C5H7NO2. The molecule has 3 nitrogen and oxygen atoms in total. The fourth-order valence-electron chi connectivity index (χ4n) is 0.565. The molecule has 1 aliphatic rings. The lowest BCUT2D eigenvalue weighted by Crippen LogP contribution is -2.28. The molecule has 0 atom stereocenters. The molecule has 1 rings (SSSR count). The van der Waals surface area contributed by atoms with Crippen molar-refractivity contribution < 1.29 is 9.53 Å². The van der Waals surface area contributed by atoms with Crippen molar-refractivity contribution in [3.8, 4) is 0 Å². The summed E-state index contributed by atoms with van der Waals surface area (Å²) in [6, 6.07) is 0. The third kappa shape index (κ3) is 1.09. The van der Waals surface area contributed by atoms with Crippen LogP contribution in [0.25, 0.3) is 0 Å². The van der Waals surface area contributed by atoms with Crippen LogP contribution in [0, 0.1) is 0 Å². The first-order valence-corrected chi connectivity index (χ1v) is 2.49. The molecule has 0 aliphatic carbocycles. The summed E-state index contributed by atoms with van der Waals surface area (Å²) in [6.07, 6.45) is 0. The van der Waals surface area contributed by atoms with Crippen molar-refractivity contribution in [2.24, 2.45) is 0 Å². The van der Waals surface area contributed by atoms with E-state index < -0.39 is 0 Å². The minimum absolute atomic E-state index is 0.392. The highest BCUT2D eigenvalue weighted by Crippen LogP contribution is 1.89. The standard InChI is InChI=1S/C5H7NO2/c7-3-5-4-8-2-1-6-5/h6H,1-2,4H2. The lowest BCUT2D eigenvalue weighted by molar-refractivity contribution is 0.133. The van der Waals surface area contributed by atoms with Crippen molar-refractivity contribution in [2.75, 3.05) is 19.8 Å². The van der Waals surface area contributed by atoms with Gasteiger partial charge in [-0.2, -0.15) is 0 Å². The Balaban J connectivity index is 2.45. The zero-order valence-electron chi connectivity index (χ0n) is 4.44. The van der Waals surface area contributed by atoms with Gasteiger partial charge in [-0.25, -0.2) is 4.79 Å². The molecule has 0 bridgehead atoms. The van der Waals surface area contributed by atoms with Gasteiger partial charge in [0.15, 0.2) is 0 Å². The second kappa shape index (κ2) is 2.50. The highest BCUT2D eigenvalue weighted by atomic mass is 16.5. The monoisotopic (exact) mass is 113 g/mol. The largest absolute Gasteiger partial charge is 0.375 e. The molecule has 1 saturated heterocycles. The van der Waals surface area contributed by atoms with Crippen molar-refractivity contribution in [2.45, 2.75) is 0 Å². The summed E-state index contributed by atoms with van der Waals surface area (Å²) in [5.74, 6) is 1.73. The number of rotatable bonds is 0. The van der Waals surface area contributed by atoms with Gasteiger partial charge in [0.05, 0.1) is 13.2 Å². The van der Waals surface area contributed by atoms with Gasteiger partial charge >= 0.3 is 0 Å². The van der Waals surface area contributed by atoms with Gasteiger partial charge in [0, 0.05) is 6.54 Å². The Morgan fingerprint density at radius 1 is 1.75 bits per heavy atom. The molecule has 0 unspecified atom stereocenters. The Kier molecular flexibility index (Phi) is 1.67. The summed E-state index contributed by atoms with van der Waals surface area (Å²) in [6.45, 7) is 1.80. The SMILES string of the molecule is O=C=C1COCCN1. The molecule has 0 aromatic carbocycles. The molecule has 8 heavy (non-hydrogen) atoms. The van der Waals surface area contributed by atoms with Crippen molar-refractivity contribution >= 4 is 5.94 Å². The van der Waals surface area contributed by atoms with E-state index in [4.69, 9.17) is 4.74 Å². The number of hydrogen-bond acceptors (Lipinski definition) is 3. The normalized spacial score (nSPS) is 19.2. The summed E-state index contributed by atoms with van der Waals surface area (Å²) in [7, 11) is 0. The average molecular weight is 113 g/mol. The van der Waals surface area contributed by atoms with Crippen LogP contribution in [-0.2, 0) is 9.53 Å². The number of hydrogen-bond donors (Lipinski definition) is 1. The van der Waals surface area contributed by atoms with E-state index in [1.807, 2.05) is 0 Å². The molecule has 44 valence electrons. The molecule has 0 radical (unpaired) electrons. The number of morpholine rings is 1. The summed E-state index contributed by atoms with van der Waals surface area (Å²) in [5.41, 5.74) is 0.524. The lowest BCUT2D eigenvalue weighted by Gasteiger charge is -2.13. The fourth-order valence-corrected chi connectivity index (χ4v) is 0.565. The Morgan fingerprint density at radius 3 is 3.00 bits per heavy atom. The van der Waals surface area contributed by atoms with E-state index in [2.05, 4.69) is 5.32 Å². The van der Waals surface area contributed by atoms with Crippen LogP contribution in [0.5, 0.6) is 0 Å². The Morgan fingerprint density at radius 2 is 2.62 bits per heavy atom. The van der Waals surface area contributed by atoms with Gasteiger partial charge in [-0.05, 0) is 0 Å². The maximum atomic E-state index is 9.86. The summed E-state index contributed by atoms with van der Waals surface area (Å²) in [4.78, 5) is 9.86. The molecule has 3 heteroatoms. The van der Waals surface area contributed by atoms with E-state index >= 15 is 0 Å². The maximum absolute atomic E-state index is 9.86. The second-order valence-corrected chi connectivity index (χ2v) is 1.56. The van der Waals surface area contributed by atoms with Gasteiger partial charge in [-0.15, -0.1) is 0 Å². The summed E-state index contributed by atoms with van der Waals surface area (Å²) in [5, 5.41) is 2.84. The first-order valence-electron chi connectivity index (χ1n) is 2.49. The van der Waals surface area contributed by atoms with Crippen molar-refractivity contribution in [3.63, 3.8) is 0 Å². The van der Waals surface area contributed by atoms with Gasteiger partial charge in [-0.1, -0.05) is 0 Å². The lowest BCUT2D eigenvalue weighted by atomic mass is 10.4. The first kappa shape index (κ1) is 5.35. The molecule has 0 spiro atoms. The fraction of sp³-hybridized carbons (Fsp3) is 0.600. The minimum Gasteiger partial charge on any atom is -0.375 e. The van der Waals surface area contributed by atoms with Crippen LogP contribution in [0.3, 0.4) is 0 Å². The molecule has 1 fully saturated rings. The van der Waals surface area contributed by atoms with Crippen molar-refractivity contribution in [1.29, 1.82) is 0 Å². The van der Waals surface area contributed by atoms with E-state index in [0.29, 0.717) is 18.9 Å². The summed E-state index contributed by atoms with van der Waals surface area (Å²) < 4.78 is 4.91. The Labute approximate surface area is 47.3 Å². The van der Waals surface area contributed by atoms with Crippen LogP contribution in [0.2, 0.25) is 0 Å². The number of carbonyl (C=O) groups excluding carboxylic acids is 1. The molecule has 0 saturated carbocycles. The smallest absolute Gasteiger partial charge is 0.148 e. The van der Waals surface area contributed by atoms with Gasteiger partial charge in [0.2, 0.25) is 0 Å². The summed E-state index contributed by atoms with van der Waals surface area (Å²) >= 11 is 0. The second-order valence-electron chi connectivity index (χ2n) is 1.56. The highest BCUT2D eigenvalue weighted by molar-refractivity contribution is 5.51. The Bertz CT molecular complexity index is 118. The third-order valence-electron chi connectivity index (χ3n) is 0.954. The molecule has 0 amide bonds. The van der Waals surface area contributed by atoms with Gasteiger partial charge in [-0.3, -0.25) is 0 Å². The van der Waals surface area contributed by atoms with E-state index in [1.165, 1.54) is 0 Å². The zero-order valence-corrected chi connectivity index (χ0v) is 4.44. The van der Waals surface area contributed by atoms with Crippen LogP contribution in [0.1, 0.15) is 0 Å². The molecule has 1 heterocycles. The molecule has 1 N–H and O–H groups in total. The third-order valence-corrected chi connectivity index (χ3v) is 0.954. The van der Waals surface area contributed by atoms with Crippen molar-refractivity contribution in [3.05, 3.63) is 5.70 Å². The number of nitrogens with one attached hydrogen (secondary N) is 1. The topological polar surface area (TPSA) is 38.3 Å². The van der Waals surface area contributed by atoms with Gasteiger partial charge in [0.25, 0.3) is 0 Å². The predicted molar refractivity (Wildman–Crippen MR) is 28.0 cm³/mol. The number of ether oxygens (including phenoxy) is 1. The maximum Gasteiger partial charge on any atom is 0.148 e. The van der Waals surface area contributed by atoms with Crippen LogP contribution < -0.4 is 5.32 Å². The van der Waals surface area contributed by atoms with E-state index in [1.54, 1.807) is 5.94 Å². The zero-order chi connectivity index (χ0) is 5.82.